The van der Waals surface area contributed by atoms with E-state index in [1.165, 1.54) is 68.9 Å². The van der Waals surface area contributed by atoms with E-state index in [9.17, 15) is 19.2 Å². The molecule has 1 heterocycles. The van der Waals surface area contributed by atoms with Gasteiger partial charge in [0.05, 0.1) is 5.56 Å². The van der Waals surface area contributed by atoms with Crippen molar-refractivity contribution in [1.82, 2.24) is 10.2 Å². The highest BCUT2D eigenvalue weighted by Crippen LogP contribution is 2.71. The molecule has 5 aliphatic rings. The van der Waals surface area contributed by atoms with E-state index in [4.69, 9.17) is 0 Å². The van der Waals surface area contributed by atoms with Crippen LogP contribution in [0.5, 0.6) is 0 Å². The molecule has 0 bridgehead atoms. The van der Waals surface area contributed by atoms with Gasteiger partial charge in [0.25, 0.3) is 0 Å². The minimum atomic E-state index is -0.864. The average molecular weight is 711 g/mol. The van der Waals surface area contributed by atoms with Crippen LogP contribution in [0.2, 0.25) is 0 Å². The summed E-state index contributed by atoms with van der Waals surface area (Å²) in [5.41, 5.74) is 3.83. The predicted octanol–water partition coefficient (Wildman–Crippen LogP) is 8.66. The van der Waals surface area contributed by atoms with Gasteiger partial charge in [-0.1, -0.05) is 73.1 Å². The molecule has 8 atom stereocenters. The van der Waals surface area contributed by atoms with Gasteiger partial charge in [-0.15, -0.1) is 0 Å². The topological polar surface area (TPSA) is 89.9 Å². The van der Waals surface area contributed by atoms with Crippen molar-refractivity contribution in [1.29, 1.82) is 0 Å². The lowest BCUT2D eigenvalue weighted by Gasteiger charge is -2.68. The van der Waals surface area contributed by atoms with Crippen LogP contribution in [-0.2, 0) is 10.8 Å². The molecule has 1 aliphatic heterocycles. The van der Waals surface area contributed by atoms with E-state index in [1.54, 1.807) is 12.1 Å². The first-order chi connectivity index (χ1) is 23.8. The quantitative estimate of drug-likeness (QED) is 0.213. The molecule has 1 saturated heterocycles. The minimum Gasteiger partial charge on any atom is -0.478 e. The molecule has 1 aromatic carbocycles. The van der Waals surface area contributed by atoms with Crippen LogP contribution in [-0.4, -0.2) is 75.1 Å². The molecule has 282 valence electrons. The zero-order chi connectivity index (χ0) is 36.3. The molecule has 4 aliphatic carbocycles. The van der Waals surface area contributed by atoms with Crippen molar-refractivity contribution >= 4 is 22.3 Å². The molecule has 50 heavy (non-hydrogen) atoms. The number of carboxylic acid groups (broad SMARTS) is 1. The second-order valence-electron chi connectivity index (χ2n) is 17.8. The van der Waals surface area contributed by atoms with Gasteiger partial charge in [0.2, 0.25) is 0 Å². The summed E-state index contributed by atoms with van der Waals surface area (Å²) in [6.07, 6.45) is 16.3. The van der Waals surface area contributed by atoms with Crippen molar-refractivity contribution in [2.75, 3.05) is 44.3 Å². The van der Waals surface area contributed by atoms with Gasteiger partial charge in [-0.25, -0.2) is 4.79 Å². The number of carbonyl (C=O) groups is 1. The van der Waals surface area contributed by atoms with Gasteiger partial charge >= 0.3 is 5.97 Å². The van der Waals surface area contributed by atoms with E-state index in [-0.39, 0.29) is 23.0 Å². The summed E-state index contributed by atoms with van der Waals surface area (Å²) in [5, 5.41) is 23.3. The molecule has 8 unspecified atom stereocenters. The summed E-state index contributed by atoms with van der Waals surface area (Å²) in [7, 11) is -0.628. The third kappa shape index (κ3) is 7.87. The number of rotatable bonds is 11. The Balaban J connectivity index is 0.00000239. The Hall–Kier alpha value is -1.54. The lowest BCUT2D eigenvalue weighted by atomic mass is 9.37. The number of aromatic carboxylic acids is 1. The molecule has 6 nitrogen and oxygen atoms in total. The van der Waals surface area contributed by atoms with Crippen LogP contribution in [0.1, 0.15) is 135 Å². The molecule has 7 heteroatoms. The van der Waals surface area contributed by atoms with Crippen LogP contribution in [0.25, 0.3) is 5.57 Å². The maximum atomic E-state index is 11.9. The number of aliphatic hydroxyl groups excluding tert-OH is 1. The zero-order valence-electron chi connectivity index (χ0n) is 32.6. The predicted molar refractivity (Wildman–Crippen MR) is 209 cm³/mol. The van der Waals surface area contributed by atoms with E-state index in [0.717, 1.165) is 68.3 Å². The van der Waals surface area contributed by atoms with Gasteiger partial charge in [0, 0.05) is 60.6 Å². The SMILES string of the molecule is CC.CC(CO)CCCC1(NCCN2CCS(=O)CC2)CCC2C(CCC3C2(C)CCC2C(C)(C)C(c4ccc(C(=O)O)cc4)=CCC23C)C1. The van der Waals surface area contributed by atoms with Crippen LogP contribution in [0.15, 0.2) is 30.3 Å². The summed E-state index contributed by atoms with van der Waals surface area (Å²) < 4.78 is 11.9. The Bertz CT molecular complexity index is 1350. The number of nitrogens with one attached hydrogen (secondary N) is 1. The standard InChI is InChI=1S/C41H64N2O4S.C2H6/c1-29(28-44)7-6-17-41(42-21-22-43-23-25-48(47)26-24-43)20-15-34-32(27-41)12-13-36-39(34,4)19-16-35-38(2,3)33(14-18-40(35,36)5)30-8-10-31(11-9-30)37(45)46;1-2/h8-11,14,29,32,34-36,42,44H,6-7,12-13,15-28H2,1-5H3,(H,45,46);1-2H3. The van der Waals surface area contributed by atoms with Gasteiger partial charge in [-0.05, 0) is 133 Å². The van der Waals surface area contributed by atoms with Crippen molar-refractivity contribution in [3.63, 3.8) is 0 Å². The van der Waals surface area contributed by atoms with E-state index < -0.39 is 16.8 Å². The van der Waals surface area contributed by atoms with Crippen LogP contribution in [0.3, 0.4) is 0 Å². The highest BCUT2D eigenvalue weighted by Gasteiger charge is 2.63. The van der Waals surface area contributed by atoms with Crippen LogP contribution in [0, 0.1) is 45.8 Å². The number of fused-ring (bicyclic) bond motifs is 5. The van der Waals surface area contributed by atoms with Crippen LogP contribution >= 0.6 is 0 Å². The smallest absolute Gasteiger partial charge is 0.335 e. The van der Waals surface area contributed by atoms with Gasteiger partial charge in [0.15, 0.2) is 0 Å². The van der Waals surface area contributed by atoms with Gasteiger partial charge < -0.3 is 20.4 Å². The highest BCUT2D eigenvalue weighted by molar-refractivity contribution is 7.85. The molecule has 3 N–H and O–H groups in total. The Morgan fingerprint density at radius 3 is 2.34 bits per heavy atom. The van der Waals surface area contributed by atoms with Crippen molar-refractivity contribution in [2.24, 2.45) is 45.8 Å². The molecule has 6 rings (SSSR count). The number of hydrogen-bond acceptors (Lipinski definition) is 5. The maximum absolute atomic E-state index is 11.9. The molecule has 0 amide bonds. The van der Waals surface area contributed by atoms with Crippen LogP contribution in [0.4, 0.5) is 0 Å². The zero-order valence-corrected chi connectivity index (χ0v) is 33.4. The summed E-state index contributed by atoms with van der Waals surface area (Å²) in [5.74, 6) is 4.05. The Labute approximate surface area is 307 Å². The molecule has 4 fully saturated rings. The first kappa shape index (κ1) is 39.7. The first-order valence-electron chi connectivity index (χ1n) is 20.3. The normalized spacial score (nSPS) is 36.1. The maximum Gasteiger partial charge on any atom is 0.335 e. The Morgan fingerprint density at radius 2 is 1.68 bits per heavy atom. The number of allylic oxidation sites excluding steroid dienone is 2. The van der Waals surface area contributed by atoms with E-state index in [2.05, 4.69) is 50.9 Å². The summed E-state index contributed by atoms with van der Waals surface area (Å²) >= 11 is 0. The molecule has 0 spiro atoms. The van der Waals surface area contributed by atoms with Gasteiger partial charge in [0.1, 0.15) is 0 Å². The summed E-state index contributed by atoms with van der Waals surface area (Å²) in [6, 6.07) is 7.59. The Morgan fingerprint density at radius 1 is 0.980 bits per heavy atom. The average Bonchev–Trinajstić information content (AvgIpc) is 3.09. The fraction of sp³-hybridized carbons (Fsp3) is 0.791. The third-order valence-corrected chi connectivity index (χ3v) is 16.1. The van der Waals surface area contributed by atoms with Crippen molar-refractivity contribution < 1.29 is 19.2 Å². The van der Waals surface area contributed by atoms with Crippen molar-refractivity contribution in [2.45, 2.75) is 125 Å². The first-order valence-corrected chi connectivity index (χ1v) is 21.8. The minimum absolute atomic E-state index is 0.0384. The number of carboxylic acids is 1. The largest absolute Gasteiger partial charge is 0.478 e. The number of benzene rings is 1. The second kappa shape index (κ2) is 16.2. The lowest BCUT2D eigenvalue weighted by molar-refractivity contribution is -0.163. The molecule has 0 aromatic heterocycles. The van der Waals surface area contributed by atoms with Crippen molar-refractivity contribution in [3.8, 4) is 0 Å². The fourth-order valence-corrected chi connectivity index (χ4v) is 13.4. The van der Waals surface area contributed by atoms with E-state index in [0.29, 0.717) is 22.8 Å². The lowest BCUT2D eigenvalue weighted by Crippen LogP contribution is -2.62. The van der Waals surface area contributed by atoms with E-state index in [1.807, 2.05) is 26.0 Å². The molecular formula is C43H70N2O4S. The fourth-order valence-electron chi connectivity index (χ4n) is 12.3. The monoisotopic (exact) mass is 711 g/mol. The van der Waals surface area contributed by atoms with Crippen molar-refractivity contribution in [3.05, 3.63) is 41.5 Å². The molecule has 1 aromatic rings. The summed E-state index contributed by atoms with van der Waals surface area (Å²) in [4.78, 5) is 14.0. The number of aliphatic hydroxyl groups is 1. The third-order valence-electron chi connectivity index (χ3n) is 14.8. The second-order valence-corrected chi connectivity index (χ2v) is 19.5. The molecule has 0 radical (unpaired) electrons. The molecule has 3 saturated carbocycles. The number of hydrogen-bond donors (Lipinski definition) is 3. The van der Waals surface area contributed by atoms with E-state index >= 15 is 0 Å². The van der Waals surface area contributed by atoms with Gasteiger partial charge in [-0.2, -0.15) is 0 Å². The van der Waals surface area contributed by atoms with Crippen LogP contribution < -0.4 is 5.32 Å². The Kier molecular flexibility index (Phi) is 12.9. The van der Waals surface area contributed by atoms with Gasteiger partial charge in [-0.3, -0.25) is 4.21 Å². The highest BCUT2D eigenvalue weighted by atomic mass is 32.2. The summed E-state index contributed by atoms with van der Waals surface area (Å²) in [6.45, 7) is 20.7. The number of nitrogens with zero attached hydrogens (tertiary/aromatic N) is 1. The molecular weight excluding hydrogens is 641 g/mol.